The van der Waals surface area contributed by atoms with Gasteiger partial charge in [-0.05, 0) is 6.92 Å². The molecule has 0 aliphatic rings. The molecule has 3 N–H and O–H groups in total. The van der Waals surface area contributed by atoms with E-state index in [0.29, 0.717) is 0 Å². The van der Waals surface area contributed by atoms with Crippen LogP contribution in [0.25, 0.3) is 0 Å². The molecular formula is C4H7BN2O3. The van der Waals surface area contributed by atoms with Crippen molar-refractivity contribution < 1.29 is 14.7 Å². The van der Waals surface area contributed by atoms with Crippen LogP contribution in [-0.4, -0.2) is 27.3 Å². The monoisotopic (exact) mass is 142 g/mol. The standard InChI is InChI=1S/C4H7BN2O3/c1-3-2-6-4(7-3)10-5(8)9/h2,8-9H,1H3,(H,6,7). The molecule has 0 amide bonds. The zero-order valence-corrected chi connectivity index (χ0v) is 5.40. The fraction of sp³-hybridized carbons (Fsp3) is 0.250. The third-order valence-corrected chi connectivity index (χ3v) is 0.897. The van der Waals surface area contributed by atoms with Gasteiger partial charge in [-0.2, -0.15) is 0 Å². The Labute approximate surface area is 57.9 Å². The van der Waals surface area contributed by atoms with Gasteiger partial charge in [-0.25, -0.2) is 4.98 Å². The number of imidazole rings is 1. The summed E-state index contributed by atoms with van der Waals surface area (Å²) in [4.78, 5) is 6.31. The number of H-pyrrole nitrogens is 1. The molecule has 0 spiro atoms. The first-order chi connectivity index (χ1) is 4.68. The summed E-state index contributed by atoms with van der Waals surface area (Å²) in [6, 6.07) is 0.104. The number of aryl methyl sites for hydroxylation is 1. The number of hydrogen-bond acceptors (Lipinski definition) is 4. The Morgan fingerprint density at radius 1 is 1.70 bits per heavy atom. The first kappa shape index (κ1) is 7.11. The van der Waals surface area contributed by atoms with Crippen LogP contribution in [0.2, 0.25) is 0 Å². The Balaban J connectivity index is 2.58. The van der Waals surface area contributed by atoms with E-state index in [1.165, 1.54) is 6.20 Å². The fourth-order valence-corrected chi connectivity index (χ4v) is 0.548. The summed E-state index contributed by atoms with van der Waals surface area (Å²) in [6.45, 7) is 1.78. The maximum atomic E-state index is 8.29. The van der Waals surface area contributed by atoms with E-state index in [4.69, 9.17) is 10.0 Å². The number of nitrogens with one attached hydrogen (secondary N) is 1. The van der Waals surface area contributed by atoms with E-state index in [0.717, 1.165) is 5.69 Å². The van der Waals surface area contributed by atoms with E-state index in [2.05, 4.69) is 14.6 Å². The zero-order chi connectivity index (χ0) is 7.56. The largest absolute Gasteiger partial charge is 0.709 e. The van der Waals surface area contributed by atoms with E-state index >= 15 is 0 Å². The molecule has 0 radical (unpaired) electrons. The maximum Gasteiger partial charge on any atom is 0.709 e. The van der Waals surface area contributed by atoms with Gasteiger partial charge in [-0.15, -0.1) is 0 Å². The highest BCUT2D eigenvalue weighted by molar-refractivity contribution is 6.33. The second-order valence-corrected chi connectivity index (χ2v) is 1.82. The van der Waals surface area contributed by atoms with Gasteiger partial charge in [-0.1, -0.05) is 0 Å². The summed E-state index contributed by atoms with van der Waals surface area (Å²) < 4.78 is 4.38. The predicted octanol–water partition coefficient (Wildman–Crippen LogP) is -0.934. The van der Waals surface area contributed by atoms with Crippen molar-refractivity contribution in [3.05, 3.63) is 11.9 Å². The van der Waals surface area contributed by atoms with Crippen molar-refractivity contribution in [2.45, 2.75) is 6.92 Å². The lowest BCUT2D eigenvalue weighted by molar-refractivity contribution is 0.279. The molecule has 6 heteroatoms. The molecular weight excluding hydrogens is 135 g/mol. The van der Waals surface area contributed by atoms with Crippen LogP contribution in [0.1, 0.15) is 5.69 Å². The minimum atomic E-state index is -1.81. The average Bonchev–Trinajstić information content (AvgIpc) is 2.13. The summed E-state index contributed by atoms with van der Waals surface area (Å²) in [6.07, 6.45) is 1.53. The molecule has 1 aromatic rings. The number of nitrogens with zero attached hydrogens (tertiary/aromatic N) is 1. The summed E-state index contributed by atoms with van der Waals surface area (Å²) in [5, 5.41) is 16.6. The number of aromatic nitrogens is 2. The Hall–Kier alpha value is -1.01. The van der Waals surface area contributed by atoms with Gasteiger partial charge in [0.05, 0.1) is 6.20 Å². The summed E-state index contributed by atoms with van der Waals surface area (Å²) in [5.41, 5.74) is 0.802. The second kappa shape index (κ2) is 2.72. The van der Waals surface area contributed by atoms with E-state index < -0.39 is 7.32 Å². The van der Waals surface area contributed by atoms with Gasteiger partial charge >= 0.3 is 7.32 Å². The zero-order valence-electron chi connectivity index (χ0n) is 5.40. The molecule has 0 aromatic carbocycles. The minimum Gasteiger partial charge on any atom is -0.484 e. The third kappa shape index (κ3) is 1.75. The van der Waals surface area contributed by atoms with Crippen LogP contribution in [0.4, 0.5) is 0 Å². The summed E-state index contributed by atoms with van der Waals surface area (Å²) in [7, 11) is -1.81. The molecule has 54 valence electrons. The van der Waals surface area contributed by atoms with Crippen molar-refractivity contribution in [3.63, 3.8) is 0 Å². The fourth-order valence-electron chi connectivity index (χ4n) is 0.548. The Morgan fingerprint density at radius 2 is 2.40 bits per heavy atom. The normalized spacial score (nSPS) is 9.50. The lowest BCUT2D eigenvalue weighted by atomic mass is 10.3. The highest BCUT2D eigenvalue weighted by atomic mass is 16.6. The van der Waals surface area contributed by atoms with Gasteiger partial charge in [0, 0.05) is 5.69 Å². The van der Waals surface area contributed by atoms with Crippen molar-refractivity contribution in [1.29, 1.82) is 0 Å². The van der Waals surface area contributed by atoms with Crippen molar-refractivity contribution >= 4 is 7.32 Å². The summed E-state index contributed by atoms with van der Waals surface area (Å²) in [5.74, 6) is 0. The van der Waals surface area contributed by atoms with Gasteiger partial charge in [0.1, 0.15) is 0 Å². The quantitative estimate of drug-likeness (QED) is 0.466. The van der Waals surface area contributed by atoms with E-state index in [9.17, 15) is 0 Å². The molecule has 1 aromatic heterocycles. The molecule has 0 atom stereocenters. The highest BCUT2D eigenvalue weighted by Crippen LogP contribution is 2.02. The topological polar surface area (TPSA) is 78.4 Å². The van der Waals surface area contributed by atoms with Gasteiger partial charge in [0.25, 0.3) is 6.01 Å². The highest BCUT2D eigenvalue weighted by Gasteiger charge is 2.12. The maximum absolute atomic E-state index is 8.29. The van der Waals surface area contributed by atoms with Crippen molar-refractivity contribution in [1.82, 2.24) is 9.97 Å². The lowest BCUT2D eigenvalue weighted by Gasteiger charge is -1.96. The smallest absolute Gasteiger partial charge is 0.484 e. The Kier molecular flexibility index (Phi) is 1.93. The first-order valence-corrected chi connectivity index (χ1v) is 2.73. The predicted molar refractivity (Wildman–Crippen MR) is 34.1 cm³/mol. The molecule has 1 rings (SSSR count). The Bertz CT molecular complexity index is 212. The molecule has 0 bridgehead atoms. The van der Waals surface area contributed by atoms with Gasteiger partial charge in [0.2, 0.25) is 0 Å². The molecule has 0 aliphatic carbocycles. The third-order valence-electron chi connectivity index (χ3n) is 0.897. The lowest BCUT2D eigenvalue weighted by Crippen LogP contribution is -2.21. The van der Waals surface area contributed by atoms with Gasteiger partial charge in [0.15, 0.2) is 0 Å². The molecule has 1 heterocycles. The van der Waals surface area contributed by atoms with Crippen LogP contribution in [0.15, 0.2) is 6.20 Å². The molecule has 0 saturated carbocycles. The SMILES string of the molecule is Cc1cnc(OB(O)O)[nH]1. The van der Waals surface area contributed by atoms with E-state index in [1.807, 2.05) is 0 Å². The molecule has 0 aliphatic heterocycles. The van der Waals surface area contributed by atoms with Crippen molar-refractivity contribution in [2.24, 2.45) is 0 Å². The van der Waals surface area contributed by atoms with E-state index in [-0.39, 0.29) is 6.01 Å². The second-order valence-electron chi connectivity index (χ2n) is 1.82. The van der Waals surface area contributed by atoms with Crippen molar-refractivity contribution in [2.75, 3.05) is 0 Å². The van der Waals surface area contributed by atoms with Crippen LogP contribution in [0.5, 0.6) is 6.01 Å². The van der Waals surface area contributed by atoms with Crippen LogP contribution >= 0.6 is 0 Å². The average molecular weight is 142 g/mol. The molecule has 10 heavy (non-hydrogen) atoms. The van der Waals surface area contributed by atoms with Crippen molar-refractivity contribution in [3.8, 4) is 6.01 Å². The number of aromatic amines is 1. The molecule has 5 nitrogen and oxygen atoms in total. The van der Waals surface area contributed by atoms with Crippen LogP contribution in [0.3, 0.4) is 0 Å². The van der Waals surface area contributed by atoms with Crippen LogP contribution in [-0.2, 0) is 0 Å². The van der Waals surface area contributed by atoms with Crippen LogP contribution < -0.4 is 4.65 Å². The van der Waals surface area contributed by atoms with Gasteiger partial charge in [-0.3, -0.25) is 0 Å². The molecule has 0 fully saturated rings. The number of rotatable bonds is 2. The molecule has 0 saturated heterocycles. The molecule has 0 unspecified atom stereocenters. The Morgan fingerprint density at radius 3 is 2.80 bits per heavy atom. The minimum absolute atomic E-state index is 0.104. The number of hydrogen-bond donors (Lipinski definition) is 3. The van der Waals surface area contributed by atoms with Crippen LogP contribution in [0, 0.1) is 6.92 Å². The van der Waals surface area contributed by atoms with Gasteiger partial charge < -0.3 is 19.7 Å². The summed E-state index contributed by atoms with van der Waals surface area (Å²) >= 11 is 0. The first-order valence-electron chi connectivity index (χ1n) is 2.73. The van der Waals surface area contributed by atoms with E-state index in [1.54, 1.807) is 6.92 Å².